The molecule has 0 atom stereocenters. The fourth-order valence-corrected chi connectivity index (χ4v) is 3.28. The summed E-state index contributed by atoms with van der Waals surface area (Å²) in [4.78, 5) is 34.4. The predicted molar refractivity (Wildman–Crippen MR) is 103 cm³/mol. The second kappa shape index (κ2) is 6.86. The maximum Gasteiger partial charge on any atom is 0.240 e. The van der Waals surface area contributed by atoms with E-state index in [1.54, 1.807) is 10.8 Å². The lowest BCUT2D eigenvalue weighted by molar-refractivity contribution is 0.111. The van der Waals surface area contributed by atoms with Crippen molar-refractivity contribution in [3.8, 4) is 17.3 Å². The SMILES string of the molecule is O=Cc1cn(-c2nc(-c3cccc4[nH]ccc34)nc(N3CCOCC3)n2)cn1. The predicted octanol–water partition coefficient (Wildman–Crippen LogP) is 1.85. The summed E-state index contributed by atoms with van der Waals surface area (Å²) in [7, 11) is 0. The van der Waals surface area contributed by atoms with Crippen LogP contribution in [-0.4, -0.2) is 62.1 Å². The number of carbonyl (C=O) groups excluding carboxylic acids is 1. The molecule has 1 aliphatic heterocycles. The molecule has 0 unspecified atom stereocenters. The van der Waals surface area contributed by atoms with Gasteiger partial charge in [-0.3, -0.25) is 9.36 Å². The van der Waals surface area contributed by atoms with Crippen LogP contribution >= 0.6 is 0 Å². The molecule has 0 spiro atoms. The minimum atomic E-state index is 0.322. The Morgan fingerprint density at radius 1 is 1.07 bits per heavy atom. The van der Waals surface area contributed by atoms with Crippen molar-refractivity contribution in [3.63, 3.8) is 0 Å². The van der Waals surface area contributed by atoms with Crippen LogP contribution < -0.4 is 4.90 Å². The molecule has 1 aromatic carbocycles. The Labute approximate surface area is 160 Å². The second-order valence-electron chi connectivity index (χ2n) is 6.43. The Hall–Kier alpha value is -3.59. The minimum absolute atomic E-state index is 0.322. The van der Waals surface area contributed by atoms with Crippen LogP contribution in [0.3, 0.4) is 0 Å². The normalized spacial score (nSPS) is 14.5. The summed E-state index contributed by atoms with van der Waals surface area (Å²) in [5, 5.41) is 1.03. The number of hydrogen-bond acceptors (Lipinski definition) is 7. The Kier molecular flexibility index (Phi) is 4.06. The number of nitrogens with zero attached hydrogens (tertiary/aromatic N) is 6. The molecule has 4 heterocycles. The van der Waals surface area contributed by atoms with Gasteiger partial charge in [-0.05, 0) is 12.1 Å². The van der Waals surface area contributed by atoms with Crippen LogP contribution in [0.1, 0.15) is 10.5 Å². The van der Waals surface area contributed by atoms with Gasteiger partial charge in [0.15, 0.2) is 12.1 Å². The number of H-pyrrole nitrogens is 1. The number of rotatable bonds is 4. The highest BCUT2D eigenvalue weighted by molar-refractivity contribution is 5.93. The summed E-state index contributed by atoms with van der Waals surface area (Å²) in [6, 6.07) is 7.97. The van der Waals surface area contributed by atoms with Crippen LogP contribution in [0.5, 0.6) is 0 Å². The first-order chi connectivity index (χ1) is 13.8. The molecule has 3 aromatic heterocycles. The van der Waals surface area contributed by atoms with Crippen molar-refractivity contribution in [3.05, 3.63) is 48.7 Å². The molecule has 5 rings (SSSR count). The summed E-state index contributed by atoms with van der Waals surface area (Å²) >= 11 is 0. The average Bonchev–Trinajstić information content (AvgIpc) is 3.43. The smallest absolute Gasteiger partial charge is 0.240 e. The van der Waals surface area contributed by atoms with E-state index in [0.717, 1.165) is 16.5 Å². The van der Waals surface area contributed by atoms with E-state index >= 15 is 0 Å². The summed E-state index contributed by atoms with van der Waals surface area (Å²) in [6.07, 6.45) is 5.72. The molecule has 9 nitrogen and oxygen atoms in total. The van der Waals surface area contributed by atoms with E-state index in [1.165, 1.54) is 6.33 Å². The van der Waals surface area contributed by atoms with Crippen LogP contribution in [-0.2, 0) is 4.74 Å². The third-order valence-electron chi connectivity index (χ3n) is 4.70. The van der Waals surface area contributed by atoms with Crippen molar-refractivity contribution >= 4 is 23.1 Å². The Morgan fingerprint density at radius 3 is 2.75 bits per heavy atom. The third-order valence-corrected chi connectivity index (χ3v) is 4.70. The number of benzene rings is 1. The second-order valence-corrected chi connectivity index (χ2v) is 6.43. The molecule has 1 N–H and O–H groups in total. The van der Waals surface area contributed by atoms with Gasteiger partial charge in [0.1, 0.15) is 12.0 Å². The third kappa shape index (κ3) is 2.91. The molecule has 1 fully saturated rings. The largest absolute Gasteiger partial charge is 0.378 e. The maximum absolute atomic E-state index is 11.0. The van der Waals surface area contributed by atoms with Gasteiger partial charge < -0.3 is 14.6 Å². The number of aromatic nitrogens is 6. The standard InChI is InChI=1S/C19H17N7O2/c27-11-13-10-26(12-21-13)19-23-17(15-2-1-3-16-14(15)4-5-20-16)22-18(24-19)25-6-8-28-9-7-25/h1-5,10-12,20H,6-9H2. The number of aromatic amines is 1. The van der Waals surface area contributed by atoms with E-state index in [-0.39, 0.29) is 0 Å². The Balaban J connectivity index is 1.68. The number of hydrogen-bond donors (Lipinski definition) is 1. The van der Waals surface area contributed by atoms with Gasteiger partial charge in [-0.25, -0.2) is 4.98 Å². The van der Waals surface area contributed by atoms with Crippen LogP contribution in [0.25, 0.3) is 28.2 Å². The van der Waals surface area contributed by atoms with Gasteiger partial charge in [0, 0.05) is 41.9 Å². The zero-order chi connectivity index (χ0) is 18.9. The minimum Gasteiger partial charge on any atom is -0.378 e. The molecular formula is C19H17N7O2. The van der Waals surface area contributed by atoms with Gasteiger partial charge in [-0.2, -0.15) is 15.0 Å². The number of carbonyl (C=O) groups is 1. The lowest BCUT2D eigenvalue weighted by atomic mass is 10.1. The molecule has 0 amide bonds. The van der Waals surface area contributed by atoms with Gasteiger partial charge in [0.05, 0.1) is 13.2 Å². The first-order valence-corrected chi connectivity index (χ1v) is 8.96. The molecule has 9 heteroatoms. The highest BCUT2D eigenvalue weighted by Crippen LogP contribution is 2.27. The van der Waals surface area contributed by atoms with E-state index in [4.69, 9.17) is 9.72 Å². The molecule has 1 aliphatic rings. The zero-order valence-corrected chi connectivity index (χ0v) is 14.9. The zero-order valence-electron chi connectivity index (χ0n) is 14.9. The van der Waals surface area contributed by atoms with Crippen molar-refractivity contribution < 1.29 is 9.53 Å². The molecule has 1 saturated heterocycles. The number of imidazole rings is 1. The first kappa shape index (κ1) is 16.6. The van der Waals surface area contributed by atoms with E-state index in [0.29, 0.717) is 56.0 Å². The van der Waals surface area contributed by atoms with E-state index in [1.807, 2.05) is 30.5 Å². The van der Waals surface area contributed by atoms with Crippen LogP contribution in [0.4, 0.5) is 5.95 Å². The van der Waals surface area contributed by atoms with Crippen molar-refractivity contribution in [2.45, 2.75) is 0 Å². The number of anilines is 1. The molecular weight excluding hydrogens is 358 g/mol. The topological polar surface area (TPSA) is 102 Å². The number of nitrogens with one attached hydrogen (secondary N) is 1. The first-order valence-electron chi connectivity index (χ1n) is 8.96. The van der Waals surface area contributed by atoms with Gasteiger partial charge >= 0.3 is 0 Å². The van der Waals surface area contributed by atoms with Crippen molar-refractivity contribution in [1.29, 1.82) is 0 Å². The fourth-order valence-electron chi connectivity index (χ4n) is 3.28. The van der Waals surface area contributed by atoms with Crippen LogP contribution in [0.15, 0.2) is 43.0 Å². The lowest BCUT2D eigenvalue weighted by Crippen LogP contribution is -2.37. The number of morpholine rings is 1. The van der Waals surface area contributed by atoms with Gasteiger partial charge in [0.2, 0.25) is 11.9 Å². The van der Waals surface area contributed by atoms with Crippen molar-refractivity contribution in [1.82, 2.24) is 29.5 Å². The summed E-state index contributed by atoms with van der Waals surface area (Å²) in [5.41, 5.74) is 2.24. The molecule has 0 radical (unpaired) electrons. The number of ether oxygens (including phenoxy) is 1. The van der Waals surface area contributed by atoms with E-state index in [9.17, 15) is 4.79 Å². The fraction of sp³-hybridized carbons (Fsp3) is 0.211. The molecule has 4 aromatic rings. The average molecular weight is 375 g/mol. The number of aldehydes is 1. The molecule has 140 valence electrons. The Morgan fingerprint density at radius 2 is 1.93 bits per heavy atom. The van der Waals surface area contributed by atoms with E-state index < -0.39 is 0 Å². The maximum atomic E-state index is 11.0. The van der Waals surface area contributed by atoms with Crippen molar-refractivity contribution in [2.75, 3.05) is 31.2 Å². The number of fused-ring (bicyclic) bond motifs is 1. The van der Waals surface area contributed by atoms with Crippen LogP contribution in [0, 0.1) is 0 Å². The summed E-state index contributed by atoms with van der Waals surface area (Å²) < 4.78 is 7.08. The monoisotopic (exact) mass is 375 g/mol. The van der Waals surface area contributed by atoms with Gasteiger partial charge in [-0.1, -0.05) is 12.1 Å². The van der Waals surface area contributed by atoms with Crippen molar-refractivity contribution in [2.24, 2.45) is 0 Å². The molecule has 0 aliphatic carbocycles. The molecule has 0 saturated carbocycles. The van der Waals surface area contributed by atoms with Crippen LogP contribution in [0.2, 0.25) is 0 Å². The highest BCUT2D eigenvalue weighted by atomic mass is 16.5. The summed E-state index contributed by atoms with van der Waals surface area (Å²) in [5.74, 6) is 1.56. The molecule has 0 bridgehead atoms. The summed E-state index contributed by atoms with van der Waals surface area (Å²) in [6.45, 7) is 2.68. The van der Waals surface area contributed by atoms with Gasteiger partial charge in [0.25, 0.3) is 0 Å². The lowest BCUT2D eigenvalue weighted by Gasteiger charge is -2.27. The highest BCUT2D eigenvalue weighted by Gasteiger charge is 2.19. The quantitative estimate of drug-likeness (QED) is 0.543. The Bertz CT molecular complexity index is 1140. The van der Waals surface area contributed by atoms with Gasteiger partial charge in [-0.15, -0.1) is 0 Å². The van der Waals surface area contributed by atoms with E-state index in [2.05, 4.69) is 24.8 Å². The molecule has 28 heavy (non-hydrogen) atoms.